The molecule has 0 heterocycles. The summed E-state index contributed by atoms with van der Waals surface area (Å²) >= 11 is 0. The van der Waals surface area contributed by atoms with Crippen LogP contribution in [0.15, 0.2) is 84.9 Å². The van der Waals surface area contributed by atoms with E-state index >= 15 is 0 Å². The molecule has 24 heavy (non-hydrogen) atoms. The van der Waals surface area contributed by atoms with Crippen LogP contribution in [-0.4, -0.2) is 11.7 Å². The molecule has 0 aliphatic carbocycles. The lowest BCUT2D eigenvalue weighted by Crippen LogP contribution is -2.28. The zero-order valence-electron chi connectivity index (χ0n) is 14.0. The molecule has 3 aromatic carbocycles. The molecule has 0 spiro atoms. The average Bonchev–Trinajstić information content (AvgIpc) is 2.63. The highest BCUT2D eigenvalue weighted by Crippen LogP contribution is 2.23. The van der Waals surface area contributed by atoms with Crippen molar-refractivity contribution in [1.82, 2.24) is 0 Å². The van der Waals surface area contributed by atoms with E-state index < -0.39 is 6.10 Å². The molecule has 1 N–H and O–H groups in total. The number of nitrogens with zero attached hydrogens (tertiary/aromatic N) is 1. The average molecular weight is 317 g/mol. The molecule has 0 aliphatic rings. The third-order valence-corrected chi connectivity index (χ3v) is 4.28. The van der Waals surface area contributed by atoms with Crippen LogP contribution in [0.2, 0.25) is 0 Å². The molecule has 1 atom stereocenters. The van der Waals surface area contributed by atoms with Gasteiger partial charge in [0, 0.05) is 18.8 Å². The van der Waals surface area contributed by atoms with Crippen molar-refractivity contribution in [1.29, 1.82) is 0 Å². The molecular formula is C22H23NO. The first kappa shape index (κ1) is 16.3. The minimum Gasteiger partial charge on any atom is -0.387 e. The van der Waals surface area contributed by atoms with Gasteiger partial charge in [-0.1, -0.05) is 72.8 Å². The van der Waals surface area contributed by atoms with Crippen LogP contribution < -0.4 is 4.90 Å². The van der Waals surface area contributed by atoms with E-state index in [9.17, 15) is 5.11 Å². The maximum Gasteiger partial charge on any atom is 0.0967 e. The third-order valence-electron chi connectivity index (χ3n) is 4.28. The Balaban J connectivity index is 1.83. The summed E-state index contributed by atoms with van der Waals surface area (Å²) in [6, 6.07) is 28.7. The molecule has 0 fully saturated rings. The van der Waals surface area contributed by atoms with Crippen LogP contribution in [0.25, 0.3) is 0 Å². The normalized spacial score (nSPS) is 11.9. The summed E-state index contributed by atoms with van der Waals surface area (Å²) in [6.07, 6.45) is -0.518. The van der Waals surface area contributed by atoms with Crippen LogP contribution in [0.1, 0.15) is 22.8 Å². The first-order valence-corrected chi connectivity index (χ1v) is 8.31. The molecule has 1 unspecified atom stereocenters. The fourth-order valence-corrected chi connectivity index (χ4v) is 2.97. The molecule has 2 heteroatoms. The van der Waals surface area contributed by atoms with E-state index in [4.69, 9.17) is 0 Å². The number of anilines is 1. The summed E-state index contributed by atoms with van der Waals surface area (Å²) in [7, 11) is 0. The van der Waals surface area contributed by atoms with Gasteiger partial charge in [0.1, 0.15) is 0 Å². The van der Waals surface area contributed by atoms with Gasteiger partial charge in [0.25, 0.3) is 0 Å². The van der Waals surface area contributed by atoms with Crippen molar-refractivity contribution >= 4 is 5.69 Å². The van der Waals surface area contributed by atoms with Gasteiger partial charge in [-0.15, -0.1) is 0 Å². The van der Waals surface area contributed by atoms with Crippen LogP contribution in [0.4, 0.5) is 5.69 Å². The summed E-state index contributed by atoms with van der Waals surface area (Å²) in [6.45, 7) is 3.38. The first-order valence-electron chi connectivity index (χ1n) is 8.31. The number of rotatable bonds is 6. The van der Waals surface area contributed by atoms with Crippen molar-refractivity contribution in [3.63, 3.8) is 0 Å². The summed E-state index contributed by atoms with van der Waals surface area (Å²) in [5, 5.41) is 10.8. The molecule has 0 saturated carbocycles. The topological polar surface area (TPSA) is 23.5 Å². The number of benzene rings is 3. The molecule has 0 aromatic heterocycles. The van der Waals surface area contributed by atoms with Gasteiger partial charge < -0.3 is 10.0 Å². The SMILES string of the molecule is Cc1ccccc1C(O)CN(Cc1ccccc1)c1ccccc1. The number of aryl methyl sites for hydroxylation is 1. The lowest BCUT2D eigenvalue weighted by molar-refractivity contribution is 0.182. The number of aliphatic hydroxyl groups is 1. The van der Waals surface area contributed by atoms with Gasteiger partial charge in [-0.2, -0.15) is 0 Å². The molecule has 0 aliphatic heterocycles. The van der Waals surface area contributed by atoms with E-state index in [0.29, 0.717) is 6.54 Å². The van der Waals surface area contributed by atoms with Gasteiger partial charge in [0.05, 0.1) is 6.10 Å². The number of para-hydroxylation sites is 1. The quantitative estimate of drug-likeness (QED) is 0.710. The van der Waals surface area contributed by atoms with Crippen molar-refractivity contribution in [2.24, 2.45) is 0 Å². The molecule has 0 bridgehead atoms. The minimum atomic E-state index is -0.518. The van der Waals surface area contributed by atoms with Crippen molar-refractivity contribution in [2.45, 2.75) is 19.6 Å². The Bertz CT molecular complexity index is 755. The Morgan fingerprint density at radius 1 is 0.792 bits per heavy atom. The van der Waals surface area contributed by atoms with Crippen LogP contribution in [-0.2, 0) is 6.54 Å². The van der Waals surface area contributed by atoms with Gasteiger partial charge in [0.2, 0.25) is 0 Å². The monoisotopic (exact) mass is 317 g/mol. The predicted molar refractivity (Wildman–Crippen MR) is 100 cm³/mol. The van der Waals surface area contributed by atoms with Crippen LogP contribution in [0.3, 0.4) is 0 Å². The van der Waals surface area contributed by atoms with Crippen LogP contribution in [0, 0.1) is 6.92 Å². The van der Waals surface area contributed by atoms with E-state index in [-0.39, 0.29) is 0 Å². The van der Waals surface area contributed by atoms with Gasteiger partial charge in [0.15, 0.2) is 0 Å². The van der Waals surface area contributed by atoms with Crippen molar-refractivity contribution in [3.05, 3.63) is 102 Å². The van der Waals surface area contributed by atoms with Crippen LogP contribution >= 0.6 is 0 Å². The van der Waals surface area contributed by atoms with E-state index in [1.165, 1.54) is 5.56 Å². The Labute approximate surface area is 144 Å². The Morgan fingerprint density at radius 2 is 1.38 bits per heavy atom. The second-order valence-corrected chi connectivity index (χ2v) is 6.07. The summed E-state index contributed by atoms with van der Waals surface area (Å²) in [5.41, 5.74) is 4.47. The summed E-state index contributed by atoms with van der Waals surface area (Å²) in [5.74, 6) is 0. The highest BCUT2D eigenvalue weighted by Gasteiger charge is 2.16. The minimum absolute atomic E-state index is 0.518. The van der Waals surface area contributed by atoms with Crippen molar-refractivity contribution in [3.8, 4) is 0 Å². The third kappa shape index (κ3) is 4.03. The number of hydrogen-bond acceptors (Lipinski definition) is 2. The van der Waals surface area contributed by atoms with Crippen LogP contribution in [0.5, 0.6) is 0 Å². The molecular weight excluding hydrogens is 294 g/mol. The maximum atomic E-state index is 10.8. The fourth-order valence-electron chi connectivity index (χ4n) is 2.97. The summed E-state index contributed by atoms with van der Waals surface area (Å²) in [4.78, 5) is 2.23. The highest BCUT2D eigenvalue weighted by molar-refractivity contribution is 5.47. The van der Waals surface area contributed by atoms with E-state index in [1.807, 2.05) is 55.5 Å². The predicted octanol–water partition coefficient (Wildman–Crippen LogP) is 4.74. The molecule has 3 aromatic rings. The van der Waals surface area contributed by atoms with E-state index in [1.54, 1.807) is 0 Å². The maximum absolute atomic E-state index is 10.8. The Hall–Kier alpha value is -2.58. The molecule has 3 rings (SSSR count). The Morgan fingerprint density at radius 3 is 2.04 bits per heavy atom. The fraction of sp³-hybridized carbons (Fsp3) is 0.182. The number of aliphatic hydroxyl groups excluding tert-OH is 1. The van der Waals surface area contributed by atoms with Gasteiger partial charge >= 0.3 is 0 Å². The zero-order valence-corrected chi connectivity index (χ0v) is 14.0. The van der Waals surface area contributed by atoms with Gasteiger partial charge in [-0.05, 0) is 35.7 Å². The lowest BCUT2D eigenvalue weighted by Gasteiger charge is -2.28. The van der Waals surface area contributed by atoms with Gasteiger partial charge in [-0.3, -0.25) is 0 Å². The van der Waals surface area contributed by atoms with E-state index in [0.717, 1.165) is 23.4 Å². The molecule has 0 radical (unpaired) electrons. The molecule has 0 saturated heterocycles. The van der Waals surface area contributed by atoms with Gasteiger partial charge in [-0.25, -0.2) is 0 Å². The Kier molecular flexibility index (Phi) is 5.29. The van der Waals surface area contributed by atoms with Crippen molar-refractivity contribution in [2.75, 3.05) is 11.4 Å². The molecule has 0 amide bonds. The largest absolute Gasteiger partial charge is 0.387 e. The standard InChI is InChI=1S/C22H23NO/c1-18-10-8-9-15-21(18)22(24)17-23(20-13-6-3-7-14-20)16-19-11-4-2-5-12-19/h2-15,22,24H,16-17H2,1H3. The second-order valence-electron chi connectivity index (χ2n) is 6.07. The number of hydrogen-bond donors (Lipinski definition) is 1. The first-order chi connectivity index (χ1) is 11.7. The highest BCUT2D eigenvalue weighted by atomic mass is 16.3. The smallest absolute Gasteiger partial charge is 0.0967 e. The second kappa shape index (κ2) is 7.80. The lowest BCUT2D eigenvalue weighted by atomic mass is 10.0. The zero-order chi connectivity index (χ0) is 16.8. The molecule has 2 nitrogen and oxygen atoms in total. The van der Waals surface area contributed by atoms with E-state index in [2.05, 4.69) is 41.3 Å². The van der Waals surface area contributed by atoms with Crippen molar-refractivity contribution < 1.29 is 5.11 Å². The summed E-state index contributed by atoms with van der Waals surface area (Å²) < 4.78 is 0. The molecule has 122 valence electrons.